The number of hydrogen-bond acceptors (Lipinski definition) is 18. The molecule has 0 spiro atoms. The molecule has 0 bridgehead atoms. The van der Waals surface area contributed by atoms with Crippen LogP contribution in [0, 0.1) is 11.3 Å². The number of rotatable bonds is 18. The van der Waals surface area contributed by atoms with Gasteiger partial charge in [-0.3, -0.25) is 23.6 Å². The molecule has 24 nitrogen and oxygen atoms in total. The van der Waals surface area contributed by atoms with Gasteiger partial charge < -0.3 is 24.4 Å². The first kappa shape index (κ1) is 85.2. The minimum atomic E-state index is -4.99. The zero-order chi connectivity index (χ0) is 76.2. The maximum atomic E-state index is 11.6. The molecule has 0 aliphatic rings. The average Bonchev–Trinajstić information content (AvgIpc) is 0.833. The average molecular weight is 1620 g/mol. The van der Waals surface area contributed by atoms with Crippen LogP contribution in [0.5, 0.6) is 28.7 Å². The predicted molar refractivity (Wildman–Crippen MR) is 393 cm³/mol. The molecule has 0 atom stereocenters. The van der Waals surface area contributed by atoms with Crippen molar-refractivity contribution in [3.63, 3.8) is 0 Å². The Labute approximate surface area is 630 Å². The Morgan fingerprint density at radius 3 is 0.981 bits per heavy atom. The van der Waals surface area contributed by atoms with Gasteiger partial charge in [-0.1, -0.05) is 12.1 Å². The van der Waals surface area contributed by atoms with Crippen LogP contribution in [0.25, 0.3) is 33.4 Å². The van der Waals surface area contributed by atoms with Gasteiger partial charge in [-0.25, -0.2) is 18.3 Å². The maximum Gasteiger partial charge on any atom is 0.0273 e. The van der Waals surface area contributed by atoms with Crippen LogP contribution in [0.4, 0.5) is 0 Å². The normalized spacial score (nSPS) is 10.4. The van der Waals surface area contributed by atoms with Crippen molar-refractivity contribution in [1.82, 2.24) is 9.97 Å². The van der Waals surface area contributed by atoms with Crippen LogP contribution in [-0.2, 0) is 126 Å². The van der Waals surface area contributed by atoms with E-state index >= 15 is 0 Å². The Balaban J connectivity index is 0.000000262. The summed E-state index contributed by atoms with van der Waals surface area (Å²) in [6.07, 6.45) is 22.4. The predicted octanol–water partition coefficient (Wildman–Crippen LogP) is 9.31. The molecule has 0 aliphatic carbocycles. The summed E-state index contributed by atoms with van der Waals surface area (Å²) in [5.41, 5.74) is 10.5. The van der Waals surface area contributed by atoms with Crippen LogP contribution in [0.15, 0.2) is 265 Å². The van der Waals surface area contributed by atoms with Crippen LogP contribution in [0.2, 0.25) is 0 Å². The first-order valence-electron chi connectivity index (χ1n) is 29.8. The molecule has 6 heterocycles. The monoisotopic (exact) mass is 1620 g/mol. The van der Waals surface area contributed by atoms with Crippen molar-refractivity contribution < 1.29 is 110 Å². The SMILES string of the molecule is CC#N.COc1ccc(CCl)cc1.COc1ccc(C[n+]2ccc(-c3cc[n+](Cc4ccc(OC)cc4)cc3)cc2)cc1.O=S(=O)(O)c1cc(C[n+]2ccc(-c3cc[n+](Cc4cc(S(=O)(=O)O)c(O)c(S(=O)(=O)O)c4)cc3)cc2)ccc1O.O=S(=O)=O.S=S=S=[S]=[V].c1cc(-c2ccncc2)ccn1. The molecule has 0 saturated carbocycles. The van der Waals surface area contributed by atoms with Crippen molar-refractivity contribution in [3.05, 3.63) is 278 Å². The topological polar surface area (TPSA) is 348 Å². The molecule has 0 amide bonds. The summed E-state index contributed by atoms with van der Waals surface area (Å²) in [4.78, 5) is 5.20. The van der Waals surface area contributed by atoms with E-state index in [1.165, 1.54) is 67.4 Å². The van der Waals surface area contributed by atoms with Gasteiger partial charge in [0.25, 0.3) is 30.4 Å². The Morgan fingerprint density at radius 2 is 0.721 bits per heavy atom. The fourth-order valence-corrected chi connectivity index (χ4v) is 15.4. The van der Waals surface area contributed by atoms with Crippen molar-refractivity contribution in [2.45, 2.75) is 53.7 Å². The van der Waals surface area contributed by atoms with Crippen LogP contribution >= 0.6 is 11.6 Å². The van der Waals surface area contributed by atoms with E-state index in [-0.39, 0.29) is 18.7 Å². The third-order valence-electron chi connectivity index (χ3n) is 14.0. The Hall–Kier alpha value is -9.41. The van der Waals surface area contributed by atoms with E-state index in [9.17, 15) is 49.1 Å². The molecule has 11 aromatic rings. The zero-order valence-electron chi connectivity index (χ0n) is 55.6. The van der Waals surface area contributed by atoms with Crippen LogP contribution < -0.4 is 32.5 Å². The standard InChI is InChI=1S/C26H26N2O2.C24H20N2O11S3.C10H8N2.C8H9ClO.C2H3N.O3S.S4.V/c1-29-25-7-3-21(4-8-25)19-27-15-11-23(12-16-27)24-13-17-28(18-14-24)20-22-5-9-26(30-2)10-6-22;27-20-2-1-16(11-21(20)38(29,30)31)14-25-7-3-18(4-8-25)19-5-9-26(10-6-19)15-17-12-22(39(32,33)34)24(28)23(13-17)40(35,36)37;1-5-11-6-2-9(1)10-3-7-12-8-4-10;1-10-8-4-2-7(6-9)3-5-8;1-2-3;1-4(2)3;1-3-4-2;/h3-18H,19-20H2,1-2H3;1-13H,14-15H2,(H3-2,27,28,29,30,31,32,33,34,35,36,37);1-8H;2-5H,6H2,1H3;1H3;;;/q+2;;;;;;;/p+2. The van der Waals surface area contributed by atoms with Gasteiger partial charge in [-0.2, -0.15) is 30.5 Å². The van der Waals surface area contributed by atoms with Gasteiger partial charge in [0.05, 0.1) is 27.4 Å². The number of phenols is 2. The van der Waals surface area contributed by atoms with Gasteiger partial charge in [-0.15, -0.1) is 24.2 Å². The third kappa shape index (κ3) is 29.7. The second-order valence-electron chi connectivity index (χ2n) is 21.0. The van der Waals surface area contributed by atoms with Gasteiger partial charge in [0.15, 0.2) is 81.5 Å². The van der Waals surface area contributed by atoms with Crippen LogP contribution in [-0.4, -0.2) is 93.0 Å². The Bertz CT molecular complexity index is 5020. The second kappa shape index (κ2) is 43.6. The van der Waals surface area contributed by atoms with Crippen molar-refractivity contribution in [1.29, 1.82) is 5.26 Å². The van der Waals surface area contributed by atoms with Crippen molar-refractivity contribution in [2.75, 3.05) is 21.3 Å². The molecule has 0 unspecified atom stereocenters. The molecule has 0 aliphatic heterocycles. The van der Waals surface area contributed by atoms with Crippen LogP contribution in [0.1, 0.15) is 34.7 Å². The van der Waals surface area contributed by atoms with E-state index < -0.39 is 67.1 Å². The summed E-state index contributed by atoms with van der Waals surface area (Å²) >= 11 is 12.5. The number of halogens is 1. The molecule has 11 rings (SSSR count). The number of nitrogens with zero attached hydrogens (tertiary/aromatic N) is 7. The molecular weight excluding hydrogens is 1550 g/mol. The van der Waals surface area contributed by atoms with Gasteiger partial charge in [0.1, 0.15) is 37.7 Å². The molecule has 5 N–H and O–H groups in total. The summed E-state index contributed by atoms with van der Waals surface area (Å²) in [7, 11) is -8.11. The quantitative estimate of drug-likeness (QED) is 0.0303. The van der Waals surface area contributed by atoms with E-state index in [0.717, 1.165) is 59.2 Å². The number of ether oxygens (including phenoxy) is 3. The summed E-state index contributed by atoms with van der Waals surface area (Å²) in [5.74, 6) is 1.34. The summed E-state index contributed by atoms with van der Waals surface area (Å²) in [6, 6.07) is 55.1. The number of nitriles is 1. The number of phenolic OH excluding ortho intramolecular Hbond substituents is 2. The molecule has 6 aromatic heterocycles. The molecule has 0 radical (unpaired) electrons. The Kier molecular flexibility index (Phi) is 35.8. The van der Waals surface area contributed by atoms with E-state index in [0.29, 0.717) is 11.4 Å². The molecule has 104 heavy (non-hydrogen) atoms. The molecule has 34 heteroatoms. The van der Waals surface area contributed by atoms with Gasteiger partial charge in [0, 0.05) is 108 Å². The Morgan fingerprint density at radius 1 is 0.462 bits per heavy atom. The smallest absolute Gasteiger partial charge is 0.0273 e. The summed E-state index contributed by atoms with van der Waals surface area (Å²) in [6.45, 7) is 3.28. The number of aromatic hydroxyl groups is 2. The fourth-order valence-electron chi connectivity index (χ4n) is 9.13. The number of aromatic nitrogens is 6. The van der Waals surface area contributed by atoms with Gasteiger partial charge >= 0.3 is 63.3 Å². The second-order valence-corrected chi connectivity index (χ2v) is 32.1. The zero-order valence-corrected chi connectivity index (χ0v) is 64.2. The number of alkyl halides is 1. The number of hydrogen-bond donors (Lipinski definition) is 5. The summed E-state index contributed by atoms with van der Waals surface area (Å²) < 4.78 is 146. The molecule has 0 fully saturated rings. The van der Waals surface area contributed by atoms with Crippen LogP contribution in [0.3, 0.4) is 0 Å². The minimum absolute atomic E-state index is 0.0583. The molecule has 0 saturated heterocycles. The first-order chi connectivity index (χ1) is 49.6. The van der Waals surface area contributed by atoms with E-state index in [1.54, 1.807) is 127 Å². The van der Waals surface area contributed by atoms with Crippen molar-refractivity contribution in [2.24, 2.45) is 0 Å². The number of pyridine rings is 6. The maximum absolute atomic E-state index is 11.6. The number of benzene rings is 5. The molecule has 541 valence electrons. The van der Waals surface area contributed by atoms with E-state index in [2.05, 4.69) is 119 Å². The third-order valence-corrected chi connectivity index (χ3v) is 22.5. The fraction of sp³-hybridized carbons (Fsp3) is 0.129. The molecular formula is C70H68ClN7O17S8V+4. The summed E-state index contributed by atoms with van der Waals surface area (Å²) in [5, 5.41) is 26.9. The molecule has 5 aromatic carbocycles. The van der Waals surface area contributed by atoms with Gasteiger partial charge in [0.2, 0.25) is 0 Å². The minimum Gasteiger partial charge on any atom is -0.265 e. The van der Waals surface area contributed by atoms with Crippen molar-refractivity contribution >= 4 is 89.5 Å². The van der Waals surface area contributed by atoms with E-state index in [4.69, 9.17) is 43.7 Å². The van der Waals surface area contributed by atoms with E-state index in [1.807, 2.05) is 72.8 Å². The van der Waals surface area contributed by atoms with Crippen molar-refractivity contribution in [3.8, 4) is 68.2 Å². The number of methoxy groups -OCH3 is 3. The van der Waals surface area contributed by atoms with Gasteiger partial charge in [-0.05, 0) is 154 Å². The first-order valence-corrected chi connectivity index (χ1v) is 41.8. The largest absolute Gasteiger partial charge is 0.265 e.